The number of hydrogen-bond donors (Lipinski definition) is 1. The van der Waals surface area contributed by atoms with E-state index in [-0.39, 0.29) is 11.9 Å². The van der Waals surface area contributed by atoms with Crippen molar-refractivity contribution < 1.29 is 4.79 Å². The van der Waals surface area contributed by atoms with Crippen molar-refractivity contribution >= 4 is 17.2 Å². The first-order valence-corrected chi connectivity index (χ1v) is 7.00. The van der Waals surface area contributed by atoms with Crippen LogP contribution in [0.15, 0.2) is 29.2 Å². The Labute approximate surface area is 110 Å². The number of imidazole rings is 1. The number of rotatable bonds is 4. The summed E-state index contributed by atoms with van der Waals surface area (Å²) in [4.78, 5) is 16.5. The zero-order valence-electron chi connectivity index (χ0n) is 10.2. The summed E-state index contributed by atoms with van der Waals surface area (Å²) < 4.78 is 1.98. The van der Waals surface area contributed by atoms with Gasteiger partial charge in [0.05, 0.1) is 11.6 Å². The summed E-state index contributed by atoms with van der Waals surface area (Å²) in [6, 6.07) is 1.89. The highest BCUT2D eigenvalue weighted by molar-refractivity contribution is 7.08. The van der Waals surface area contributed by atoms with Gasteiger partial charge in [-0.05, 0) is 30.2 Å². The highest BCUT2D eigenvalue weighted by Crippen LogP contribution is 2.40. The lowest BCUT2D eigenvalue weighted by atomic mass is 10.1. The van der Waals surface area contributed by atoms with Gasteiger partial charge in [0.15, 0.2) is 0 Å². The van der Waals surface area contributed by atoms with E-state index in [2.05, 4.69) is 10.3 Å². The van der Waals surface area contributed by atoms with E-state index in [1.807, 2.05) is 34.6 Å². The van der Waals surface area contributed by atoms with E-state index in [4.69, 9.17) is 0 Å². The molecule has 2 aromatic rings. The van der Waals surface area contributed by atoms with Crippen LogP contribution in [0.3, 0.4) is 0 Å². The Kier molecular flexibility index (Phi) is 2.91. The Balaban J connectivity index is 1.79. The Bertz CT molecular complexity index is 542. The van der Waals surface area contributed by atoms with E-state index in [1.165, 1.54) is 24.2 Å². The second-order valence-corrected chi connectivity index (χ2v) is 5.48. The molecule has 18 heavy (non-hydrogen) atoms. The van der Waals surface area contributed by atoms with E-state index in [0.29, 0.717) is 5.92 Å². The first-order valence-electron chi connectivity index (χ1n) is 6.06. The fourth-order valence-corrected chi connectivity index (χ4v) is 2.75. The summed E-state index contributed by atoms with van der Waals surface area (Å²) in [6.07, 6.45) is 6.03. The molecule has 1 unspecified atom stereocenters. The molecule has 1 fully saturated rings. The van der Waals surface area contributed by atoms with Crippen LogP contribution in [0.1, 0.15) is 35.1 Å². The predicted molar refractivity (Wildman–Crippen MR) is 70.5 cm³/mol. The van der Waals surface area contributed by atoms with E-state index >= 15 is 0 Å². The number of thiophene rings is 1. The lowest BCUT2D eigenvalue weighted by Gasteiger charge is -2.17. The first-order chi connectivity index (χ1) is 8.75. The fraction of sp³-hybridized carbons (Fsp3) is 0.385. The highest BCUT2D eigenvalue weighted by atomic mass is 32.1. The molecule has 0 aliphatic heterocycles. The van der Waals surface area contributed by atoms with Gasteiger partial charge < -0.3 is 9.88 Å². The third-order valence-electron chi connectivity index (χ3n) is 3.30. The zero-order valence-corrected chi connectivity index (χ0v) is 11.0. The molecule has 0 aromatic carbocycles. The summed E-state index contributed by atoms with van der Waals surface area (Å²) in [7, 11) is 1.97. The van der Waals surface area contributed by atoms with Gasteiger partial charge in [-0.25, -0.2) is 4.98 Å². The fourth-order valence-electron chi connectivity index (χ4n) is 2.12. The van der Waals surface area contributed by atoms with Crippen molar-refractivity contribution in [2.45, 2.75) is 18.9 Å². The van der Waals surface area contributed by atoms with Gasteiger partial charge >= 0.3 is 0 Å². The normalized spacial score (nSPS) is 16.5. The Morgan fingerprint density at radius 2 is 2.44 bits per heavy atom. The standard InChI is InChI=1S/C13H15N3OS/c1-16-6-5-14-12(16)11(9-2-3-9)15-13(17)10-4-7-18-8-10/h4-9,11H,2-3H2,1H3,(H,15,17). The number of aromatic nitrogens is 2. The van der Waals surface area contributed by atoms with Crippen LogP contribution in [0.2, 0.25) is 0 Å². The lowest BCUT2D eigenvalue weighted by molar-refractivity contribution is 0.0929. The Hall–Kier alpha value is -1.62. The van der Waals surface area contributed by atoms with Crippen LogP contribution in [0.25, 0.3) is 0 Å². The number of carbonyl (C=O) groups excluding carboxylic acids is 1. The van der Waals surface area contributed by atoms with E-state index in [9.17, 15) is 4.79 Å². The Morgan fingerprint density at radius 3 is 3.00 bits per heavy atom. The molecular formula is C13H15N3OS. The average Bonchev–Trinajstić information content (AvgIpc) is 2.88. The first kappa shape index (κ1) is 11.5. The molecule has 1 aliphatic rings. The molecule has 2 heterocycles. The summed E-state index contributed by atoms with van der Waals surface area (Å²) in [5.74, 6) is 1.48. The van der Waals surface area contributed by atoms with Crippen molar-refractivity contribution in [1.82, 2.24) is 14.9 Å². The number of nitrogens with one attached hydrogen (secondary N) is 1. The average molecular weight is 261 g/mol. The summed E-state index contributed by atoms with van der Waals surface area (Å²) in [5.41, 5.74) is 0.736. The van der Waals surface area contributed by atoms with Crippen molar-refractivity contribution in [1.29, 1.82) is 0 Å². The largest absolute Gasteiger partial charge is 0.342 e. The molecule has 5 heteroatoms. The molecule has 0 saturated heterocycles. The number of hydrogen-bond acceptors (Lipinski definition) is 3. The number of carbonyl (C=O) groups is 1. The van der Waals surface area contributed by atoms with Gasteiger partial charge in [0.2, 0.25) is 0 Å². The smallest absolute Gasteiger partial charge is 0.252 e. The topological polar surface area (TPSA) is 46.9 Å². The molecular weight excluding hydrogens is 246 g/mol. The summed E-state index contributed by atoms with van der Waals surface area (Å²) in [6.45, 7) is 0. The molecule has 1 aliphatic carbocycles. The summed E-state index contributed by atoms with van der Waals surface area (Å²) >= 11 is 1.54. The third kappa shape index (κ3) is 2.18. The maximum atomic E-state index is 12.1. The van der Waals surface area contributed by atoms with E-state index in [0.717, 1.165) is 11.4 Å². The maximum Gasteiger partial charge on any atom is 0.252 e. The van der Waals surface area contributed by atoms with Crippen LogP contribution in [-0.4, -0.2) is 15.5 Å². The lowest BCUT2D eigenvalue weighted by Crippen LogP contribution is -2.31. The van der Waals surface area contributed by atoms with Crippen molar-refractivity contribution in [3.63, 3.8) is 0 Å². The van der Waals surface area contributed by atoms with Gasteiger partial charge in [0.25, 0.3) is 5.91 Å². The Morgan fingerprint density at radius 1 is 1.61 bits per heavy atom. The molecule has 1 amide bonds. The molecule has 1 N–H and O–H groups in total. The number of nitrogens with zero attached hydrogens (tertiary/aromatic N) is 2. The molecule has 2 aromatic heterocycles. The second-order valence-electron chi connectivity index (χ2n) is 4.70. The molecule has 1 saturated carbocycles. The van der Waals surface area contributed by atoms with Crippen molar-refractivity contribution in [3.05, 3.63) is 40.6 Å². The van der Waals surface area contributed by atoms with Gasteiger partial charge in [-0.15, -0.1) is 0 Å². The van der Waals surface area contributed by atoms with Crippen molar-refractivity contribution in [3.8, 4) is 0 Å². The van der Waals surface area contributed by atoms with Gasteiger partial charge in [-0.2, -0.15) is 11.3 Å². The SMILES string of the molecule is Cn1ccnc1C(NC(=O)c1ccsc1)C1CC1. The van der Waals surface area contributed by atoms with Crippen LogP contribution in [0.4, 0.5) is 0 Å². The molecule has 1 atom stereocenters. The van der Waals surface area contributed by atoms with Crippen molar-refractivity contribution in [2.24, 2.45) is 13.0 Å². The van der Waals surface area contributed by atoms with Crippen LogP contribution < -0.4 is 5.32 Å². The van der Waals surface area contributed by atoms with Gasteiger partial charge in [0, 0.05) is 24.8 Å². The second kappa shape index (κ2) is 4.57. The van der Waals surface area contributed by atoms with Gasteiger partial charge in [-0.3, -0.25) is 4.79 Å². The highest BCUT2D eigenvalue weighted by Gasteiger charge is 2.35. The molecule has 4 nitrogen and oxygen atoms in total. The van der Waals surface area contributed by atoms with E-state index in [1.54, 1.807) is 6.20 Å². The maximum absolute atomic E-state index is 12.1. The minimum atomic E-state index is -0.00356. The summed E-state index contributed by atoms with van der Waals surface area (Å²) in [5, 5.41) is 6.90. The minimum Gasteiger partial charge on any atom is -0.342 e. The molecule has 0 radical (unpaired) electrons. The molecule has 94 valence electrons. The van der Waals surface area contributed by atoms with Gasteiger partial charge in [0.1, 0.15) is 5.82 Å². The van der Waals surface area contributed by atoms with E-state index < -0.39 is 0 Å². The van der Waals surface area contributed by atoms with Crippen LogP contribution in [0, 0.1) is 5.92 Å². The number of amides is 1. The van der Waals surface area contributed by atoms with Crippen molar-refractivity contribution in [2.75, 3.05) is 0 Å². The quantitative estimate of drug-likeness (QED) is 0.918. The molecule has 0 spiro atoms. The van der Waals surface area contributed by atoms with Crippen LogP contribution >= 0.6 is 11.3 Å². The monoisotopic (exact) mass is 261 g/mol. The third-order valence-corrected chi connectivity index (χ3v) is 3.98. The predicted octanol–water partition coefficient (Wildman–Crippen LogP) is 2.36. The van der Waals surface area contributed by atoms with Crippen LogP contribution in [-0.2, 0) is 7.05 Å². The van der Waals surface area contributed by atoms with Gasteiger partial charge in [-0.1, -0.05) is 0 Å². The molecule has 0 bridgehead atoms. The minimum absolute atomic E-state index is 0.00356. The zero-order chi connectivity index (χ0) is 12.5. The van der Waals surface area contributed by atoms with Crippen LogP contribution in [0.5, 0.6) is 0 Å². The number of aryl methyl sites for hydroxylation is 1. The molecule has 3 rings (SSSR count).